The van der Waals surface area contributed by atoms with Crippen molar-refractivity contribution >= 4 is 28.7 Å². The minimum atomic E-state index is 0.287. The van der Waals surface area contributed by atoms with E-state index >= 15 is 0 Å². The Morgan fingerprint density at radius 2 is 1.81 bits per heavy atom. The van der Waals surface area contributed by atoms with Crippen molar-refractivity contribution in [1.29, 1.82) is 0 Å². The molecule has 0 radical (unpaired) electrons. The zero-order valence-corrected chi connectivity index (χ0v) is 20.6. The number of hydrogen-bond acceptors (Lipinski definition) is 6. The number of amides is 1. The molecule has 36 heavy (non-hydrogen) atoms. The Morgan fingerprint density at radius 3 is 2.58 bits per heavy atom. The van der Waals surface area contributed by atoms with Gasteiger partial charge in [-0.25, -0.2) is 9.97 Å². The molecule has 1 aromatic carbocycles. The Kier molecular flexibility index (Phi) is 6.11. The minimum absolute atomic E-state index is 0.287. The number of pyridine rings is 2. The maximum absolute atomic E-state index is 12.5. The molecule has 8 nitrogen and oxygen atoms in total. The van der Waals surface area contributed by atoms with Crippen LogP contribution in [0.4, 0.5) is 11.8 Å². The van der Waals surface area contributed by atoms with Gasteiger partial charge in [-0.3, -0.25) is 14.7 Å². The maximum Gasteiger partial charge on any atom is 0.225 e. The smallest absolute Gasteiger partial charge is 0.225 e. The lowest BCUT2D eigenvalue weighted by Crippen LogP contribution is -2.50. The van der Waals surface area contributed by atoms with Crippen molar-refractivity contribution in [3.63, 3.8) is 0 Å². The molecule has 2 aliphatic rings. The molecule has 0 atom stereocenters. The molecule has 1 aliphatic heterocycles. The van der Waals surface area contributed by atoms with Crippen molar-refractivity contribution in [3.05, 3.63) is 66.1 Å². The van der Waals surface area contributed by atoms with Crippen LogP contribution < -0.4 is 5.32 Å². The Labute approximate surface area is 210 Å². The highest BCUT2D eigenvalue weighted by molar-refractivity contribution is 5.84. The number of benzene rings is 1. The van der Waals surface area contributed by atoms with Gasteiger partial charge in [0.05, 0.1) is 11.0 Å². The van der Waals surface area contributed by atoms with E-state index in [-0.39, 0.29) is 5.92 Å². The normalized spacial score (nSPS) is 16.8. The Hall–Kier alpha value is -3.78. The lowest BCUT2D eigenvalue weighted by Gasteiger charge is -2.38. The number of aromatic nitrogens is 4. The highest BCUT2D eigenvalue weighted by Crippen LogP contribution is 2.29. The number of H-pyrrole nitrogens is 1. The SMILES string of the molecule is Cc1cc(-c2ccc3nc(Nc4cc(CN5CCN(C(=O)C6CCC6)CC5)ccn4)[nH]c3c2)ccn1. The van der Waals surface area contributed by atoms with Crippen LogP contribution in [0.15, 0.2) is 54.9 Å². The second-order valence-corrected chi connectivity index (χ2v) is 9.91. The van der Waals surface area contributed by atoms with E-state index in [1.807, 2.05) is 31.5 Å². The van der Waals surface area contributed by atoms with E-state index in [0.717, 1.165) is 79.2 Å². The van der Waals surface area contributed by atoms with Crippen LogP contribution in [0, 0.1) is 12.8 Å². The molecule has 4 aromatic rings. The van der Waals surface area contributed by atoms with Gasteiger partial charge in [0.25, 0.3) is 0 Å². The second kappa shape index (κ2) is 9.70. The van der Waals surface area contributed by atoms with Gasteiger partial charge >= 0.3 is 0 Å². The zero-order chi connectivity index (χ0) is 24.5. The molecule has 0 unspecified atom stereocenters. The van der Waals surface area contributed by atoms with E-state index < -0.39 is 0 Å². The molecule has 2 fully saturated rings. The topological polar surface area (TPSA) is 90.0 Å². The molecular formula is C28H31N7O. The number of piperazine rings is 1. The summed E-state index contributed by atoms with van der Waals surface area (Å²) in [5.41, 5.74) is 6.31. The molecule has 4 heterocycles. The third kappa shape index (κ3) is 4.81. The molecular weight excluding hydrogens is 450 g/mol. The number of hydrogen-bond donors (Lipinski definition) is 2. The summed E-state index contributed by atoms with van der Waals surface area (Å²) in [6, 6.07) is 14.5. The van der Waals surface area contributed by atoms with Gasteiger partial charge in [0.15, 0.2) is 0 Å². The molecule has 8 heteroatoms. The van der Waals surface area contributed by atoms with Crippen molar-refractivity contribution in [1.82, 2.24) is 29.7 Å². The average Bonchev–Trinajstić information content (AvgIpc) is 3.25. The molecule has 0 spiro atoms. The van der Waals surface area contributed by atoms with E-state index in [2.05, 4.69) is 65.4 Å². The lowest BCUT2D eigenvalue weighted by atomic mass is 9.84. The first kappa shape index (κ1) is 22.7. The Morgan fingerprint density at radius 1 is 1.00 bits per heavy atom. The van der Waals surface area contributed by atoms with Crippen LogP contribution in [0.5, 0.6) is 0 Å². The summed E-state index contributed by atoms with van der Waals surface area (Å²) in [5.74, 6) is 2.08. The monoisotopic (exact) mass is 481 g/mol. The van der Waals surface area contributed by atoms with E-state index in [4.69, 9.17) is 0 Å². The number of carbonyl (C=O) groups is 1. The standard InChI is InChI=1S/C28H31N7O/c1-19-15-23(8-10-29-19)22-5-6-24-25(17-22)32-28(31-24)33-26-16-20(7-9-30-26)18-34-11-13-35(14-12-34)27(36)21-3-2-4-21/h5-10,15-17,21H,2-4,11-14,18H2,1H3,(H2,30,31,32,33). The summed E-state index contributed by atoms with van der Waals surface area (Å²) in [6.07, 6.45) is 7.02. The summed E-state index contributed by atoms with van der Waals surface area (Å²) in [7, 11) is 0. The fourth-order valence-electron chi connectivity index (χ4n) is 5.03. The van der Waals surface area contributed by atoms with Crippen LogP contribution in [-0.4, -0.2) is 61.8 Å². The van der Waals surface area contributed by atoms with E-state index in [0.29, 0.717) is 11.9 Å². The number of imidazole rings is 1. The van der Waals surface area contributed by atoms with Gasteiger partial charge in [0, 0.05) is 56.7 Å². The van der Waals surface area contributed by atoms with Crippen LogP contribution in [0.2, 0.25) is 0 Å². The molecule has 1 amide bonds. The Balaban J connectivity index is 1.10. The molecule has 184 valence electrons. The molecule has 1 saturated carbocycles. The average molecular weight is 482 g/mol. The summed E-state index contributed by atoms with van der Waals surface area (Å²) in [6.45, 7) is 6.31. The largest absolute Gasteiger partial charge is 0.340 e. The first-order valence-corrected chi connectivity index (χ1v) is 12.8. The van der Waals surface area contributed by atoms with Crippen molar-refractivity contribution < 1.29 is 4.79 Å². The summed E-state index contributed by atoms with van der Waals surface area (Å²) >= 11 is 0. The highest BCUT2D eigenvalue weighted by atomic mass is 16.2. The number of carbonyl (C=O) groups excluding carboxylic acids is 1. The molecule has 3 aromatic heterocycles. The number of anilines is 2. The van der Waals surface area contributed by atoms with E-state index in [1.165, 1.54) is 12.0 Å². The number of fused-ring (bicyclic) bond motifs is 1. The summed E-state index contributed by atoms with van der Waals surface area (Å²) < 4.78 is 0. The van der Waals surface area contributed by atoms with Crippen molar-refractivity contribution in [3.8, 4) is 11.1 Å². The predicted molar refractivity (Wildman–Crippen MR) is 141 cm³/mol. The second-order valence-electron chi connectivity index (χ2n) is 9.91. The number of nitrogens with zero attached hydrogens (tertiary/aromatic N) is 5. The van der Waals surface area contributed by atoms with Crippen LogP contribution in [0.1, 0.15) is 30.5 Å². The molecule has 1 aliphatic carbocycles. The fourth-order valence-corrected chi connectivity index (χ4v) is 5.03. The van der Waals surface area contributed by atoms with Crippen molar-refractivity contribution in [2.24, 2.45) is 5.92 Å². The van der Waals surface area contributed by atoms with Crippen molar-refractivity contribution in [2.75, 3.05) is 31.5 Å². The van der Waals surface area contributed by atoms with Crippen LogP contribution in [0.25, 0.3) is 22.2 Å². The summed E-state index contributed by atoms with van der Waals surface area (Å²) in [4.78, 5) is 33.8. The van der Waals surface area contributed by atoms with Gasteiger partial charge in [-0.15, -0.1) is 0 Å². The first-order valence-electron chi connectivity index (χ1n) is 12.8. The predicted octanol–water partition coefficient (Wildman–Crippen LogP) is 4.52. The molecule has 2 N–H and O–H groups in total. The third-order valence-electron chi connectivity index (χ3n) is 7.33. The zero-order valence-electron chi connectivity index (χ0n) is 20.6. The van der Waals surface area contributed by atoms with Crippen LogP contribution in [0.3, 0.4) is 0 Å². The van der Waals surface area contributed by atoms with Crippen molar-refractivity contribution in [2.45, 2.75) is 32.7 Å². The molecule has 0 bridgehead atoms. The minimum Gasteiger partial charge on any atom is -0.340 e. The van der Waals surface area contributed by atoms with Gasteiger partial charge in [-0.2, -0.15) is 0 Å². The van der Waals surface area contributed by atoms with Crippen LogP contribution in [-0.2, 0) is 11.3 Å². The van der Waals surface area contributed by atoms with E-state index in [9.17, 15) is 4.79 Å². The maximum atomic E-state index is 12.5. The Bertz CT molecular complexity index is 1390. The highest BCUT2D eigenvalue weighted by Gasteiger charge is 2.31. The van der Waals surface area contributed by atoms with Gasteiger partial charge in [-0.05, 0) is 72.9 Å². The summed E-state index contributed by atoms with van der Waals surface area (Å²) in [5, 5.41) is 3.33. The van der Waals surface area contributed by atoms with Gasteiger partial charge in [0.1, 0.15) is 5.82 Å². The number of aryl methyl sites for hydroxylation is 1. The fraction of sp³-hybridized carbons (Fsp3) is 0.357. The first-order chi connectivity index (χ1) is 17.6. The van der Waals surface area contributed by atoms with Gasteiger partial charge in [0.2, 0.25) is 11.9 Å². The van der Waals surface area contributed by atoms with Crippen LogP contribution >= 0.6 is 0 Å². The van der Waals surface area contributed by atoms with E-state index in [1.54, 1.807) is 0 Å². The quantitative estimate of drug-likeness (QED) is 0.421. The van der Waals surface area contributed by atoms with Gasteiger partial charge < -0.3 is 15.2 Å². The third-order valence-corrected chi connectivity index (χ3v) is 7.33. The number of aromatic amines is 1. The molecule has 6 rings (SSSR count). The van der Waals surface area contributed by atoms with Gasteiger partial charge in [-0.1, -0.05) is 12.5 Å². The number of rotatable bonds is 6. The molecule has 1 saturated heterocycles. The number of nitrogens with one attached hydrogen (secondary N) is 2. The lowest BCUT2D eigenvalue weighted by molar-refractivity contribution is -0.140.